The molecule has 4 N–H and O–H groups in total. The first-order chi connectivity index (χ1) is 12.7. The molecule has 0 aromatic heterocycles. The minimum atomic E-state index is -4.47. The normalized spacial score (nSPS) is 13.6. The predicted octanol–water partition coefficient (Wildman–Crippen LogP) is 3.76. The summed E-state index contributed by atoms with van der Waals surface area (Å²) in [5.74, 6) is -1.17. The van der Waals surface area contributed by atoms with Crippen LogP contribution in [0.5, 0.6) is 0 Å². The van der Waals surface area contributed by atoms with Gasteiger partial charge in [0.15, 0.2) is 0 Å². The highest BCUT2D eigenvalue weighted by Gasteiger charge is 2.30. The van der Waals surface area contributed by atoms with Crippen molar-refractivity contribution in [2.75, 3.05) is 5.43 Å². The van der Waals surface area contributed by atoms with E-state index in [0.717, 1.165) is 24.3 Å². The number of hydrogen-bond donors (Lipinski definition) is 4. The Morgan fingerprint density at radius 2 is 1.67 bits per heavy atom. The zero-order valence-corrected chi connectivity index (χ0v) is 14.2. The lowest BCUT2D eigenvalue weighted by Gasteiger charge is -2.20. The molecule has 0 aliphatic rings. The van der Waals surface area contributed by atoms with Crippen molar-refractivity contribution in [2.45, 2.75) is 24.7 Å². The van der Waals surface area contributed by atoms with Crippen LogP contribution in [0.4, 0.5) is 18.9 Å². The molecule has 8 heteroatoms. The van der Waals surface area contributed by atoms with Crippen LogP contribution in [0.3, 0.4) is 0 Å². The molecule has 144 valence electrons. The topological polar surface area (TPSA) is 81.6 Å². The number of aliphatic carboxylic acids is 1. The van der Waals surface area contributed by atoms with E-state index in [9.17, 15) is 28.2 Å². The van der Waals surface area contributed by atoms with Gasteiger partial charge in [0.1, 0.15) is 6.04 Å². The van der Waals surface area contributed by atoms with Crippen molar-refractivity contribution in [3.63, 3.8) is 0 Å². The van der Waals surface area contributed by atoms with E-state index in [1.807, 2.05) is 6.07 Å². The number of aliphatic hydroxyl groups is 1. The van der Waals surface area contributed by atoms with E-state index in [1.165, 1.54) is 0 Å². The molecule has 0 fully saturated rings. The summed E-state index contributed by atoms with van der Waals surface area (Å²) < 4.78 is 37.8. The third-order valence-corrected chi connectivity index (χ3v) is 3.87. The minimum Gasteiger partial charge on any atom is -0.480 e. The Morgan fingerprint density at radius 3 is 2.19 bits per heavy atom. The second-order valence-electron chi connectivity index (χ2n) is 5.91. The Balaban J connectivity index is 2.00. The third kappa shape index (κ3) is 5.83. The fourth-order valence-corrected chi connectivity index (χ4v) is 2.36. The number of carbonyl (C=O) groups is 1. The summed E-state index contributed by atoms with van der Waals surface area (Å²) in [5, 5.41) is 19.6. The number of aliphatic hydroxyl groups excluding tert-OH is 1. The first kappa shape index (κ1) is 20.5. The van der Waals surface area contributed by atoms with E-state index >= 15 is 0 Å². The Hall–Kier alpha value is -2.84. The van der Waals surface area contributed by atoms with Gasteiger partial charge in [0.2, 0.25) is 0 Å². The third-order valence-electron chi connectivity index (χ3n) is 3.87. The van der Waals surface area contributed by atoms with Gasteiger partial charge in [0.05, 0.1) is 11.7 Å². The molecule has 0 amide bonds. The molecule has 0 heterocycles. The van der Waals surface area contributed by atoms with Crippen molar-refractivity contribution < 1.29 is 28.2 Å². The average molecular weight is 380 g/mol. The van der Waals surface area contributed by atoms with Gasteiger partial charge in [-0.3, -0.25) is 4.79 Å². The highest BCUT2D eigenvalue weighted by molar-refractivity contribution is 5.74. The van der Waals surface area contributed by atoms with Gasteiger partial charge < -0.3 is 15.6 Å². The molecule has 5 nitrogen and oxygen atoms in total. The van der Waals surface area contributed by atoms with Crippen molar-refractivity contribution in [2.24, 2.45) is 0 Å². The summed E-state index contributed by atoms with van der Waals surface area (Å²) >= 11 is 0. The van der Waals surface area contributed by atoms with E-state index in [4.69, 9.17) is 0 Å². The Labute approximate surface area is 154 Å². The standard InChI is InChI=1S/C19H19F3N2O3/c1-12(17(25)13-7-9-14(10-8-13)19(20,21)22)11-16(18(26)27)24-23-15-5-3-2-4-6-15/h2-10,16-17,23-25H,1,11H2,(H,26,27). The number of hydrogen-bond acceptors (Lipinski definition) is 4. The summed E-state index contributed by atoms with van der Waals surface area (Å²) in [7, 11) is 0. The number of alkyl halides is 3. The van der Waals surface area contributed by atoms with Crippen LogP contribution in [0, 0.1) is 0 Å². The van der Waals surface area contributed by atoms with Gasteiger partial charge >= 0.3 is 12.1 Å². The number of anilines is 1. The summed E-state index contributed by atoms with van der Waals surface area (Å²) in [4.78, 5) is 11.4. The van der Waals surface area contributed by atoms with Crippen LogP contribution in [-0.2, 0) is 11.0 Å². The molecular weight excluding hydrogens is 361 g/mol. The molecule has 0 bridgehead atoms. The van der Waals surface area contributed by atoms with Crippen LogP contribution in [0.2, 0.25) is 0 Å². The Kier molecular flexibility index (Phi) is 6.59. The van der Waals surface area contributed by atoms with Crippen LogP contribution >= 0.6 is 0 Å². The molecule has 2 aromatic carbocycles. The number of carboxylic acids is 1. The molecule has 0 spiro atoms. The molecule has 0 aliphatic heterocycles. The van der Waals surface area contributed by atoms with E-state index in [0.29, 0.717) is 5.69 Å². The number of benzene rings is 2. The maximum Gasteiger partial charge on any atom is 0.416 e. The van der Waals surface area contributed by atoms with Crippen LogP contribution in [0.1, 0.15) is 23.7 Å². The molecule has 2 rings (SSSR count). The summed E-state index contributed by atoms with van der Waals surface area (Å²) in [6.07, 6.45) is -5.88. The minimum absolute atomic E-state index is 0.128. The summed E-state index contributed by atoms with van der Waals surface area (Å²) in [5.41, 5.74) is 5.56. The predicted molar refractivity (Wildman–Crippen MR) is 94.8 cm³/mol. The summed E-state index contributed by atoms with van der Waals surface area (Å²) in [6.45, 7) is 3.68. The first-order valence-electron chi connectivity index (χ1n) is 8.00. The fraction of sp³-hybridized carbons (Fsp3) is 0.211. The lowest BCUT2D eigenvalue weighted by atomic mass is 9.96. The summed E-state index contributed by atoms with van der Waals surface area (Å²) in [6, 6.07) is 11.7. The lowest BCUT2D eigenvalue weighted by Crippen LogP contribution is -2.40. The SMILES string of the molecule is C=C(CC(NNc1ccccc1)C(=O)O)C(O)c1ccc(C(F)(F)F)cc1. The van der Waals surface area contributed by atoms with E-state index < -0.39 is 29.9 Å². The van der Waals surface area contributed by atoms with Crippen LogP contribution < -0.4 is 10.9 Å². The molecule has 0 radical (unpaired) electrons. The van der Waals surface area contributed by atoms with Crippen LogP contribution in [0.25, 0.3) is 0 Å². The zero-order chi connectivity index (χ0) is 20.0. The second kappa shape index (κ2) is 8.70. The van der Waals surface area contributed by atoms with E-state index in [1.54, 1.807) is 24.3 Å². The molecular formula is C19H19F3N2O3. The van der Waals surface area contributed by atoms with Gasteiger partial charge in [-0.05, 0) is 41.8 Å². The van der Waals surface area contributed by atoms with Crippen molar-refractivity contribution >= 4 is 11.7 Å². The number of carboxylic acid groups (broad SMARTS) is 1. The van der Waals surface area contributed by atoms with E-state index in [-0.39, 0.29) is 17.6 Å². The smallest absolute Gasteiger partial charge is 0.416 e. The van der Waals surface area contributed by atoms with Crippen molar-refractivity contribution in [3.05, 3.63) is 77.9 Å². The average Bonchev–Trinajstić information content (AvgIpc) is 2.64. The molecule has 0 saturated carbocycles. The zero-order valence-electron chi connectivity index (χ0n) is 14.2. The molecule has 27 heavy (non-hydrogen) atoms. The van der Waals surface area contributed by atoms with Gasteiger partial charge in [-0.2, -0.15) is 13.2 Å². The maximum atomic E-state index is 12.6. The van der Waals surface area contributed by atoms with Crippen molar-refractivity contribution in [1.29, 1.82) is 0 Å². The second-order valence-corrected chi connectivity index (χ2v) is 5.91. The van der Waals surface area contributed by atoms with Crippen LogP contribution in [0.15, 0.2) is 66.7 Å². The number of hydrazine groups is 1. The molecule has 2 aromatic rings. The van der Waals surface area contributed by atoms with Gasteiger partial charge in [0, 0.05) is 5.69 Å². The van der Waals surface area contributed by atoms with Crippen molar-refractivity contribution in [1.82, 2.24) is 5.43 Å². The maximum absolute atomic E-state index is 12.6. The van der Waals surface area contributed by atoms with Gasteiger partial charge in [-0.15, -0.1) is 0 Å². The fourth-order valence-electron chi connectivity index (χ4n) is 2.36. The molecule has 0 aliphatic carbocycles. The molecule has 0 saturated heterocycles. The highest BCUT2D eigenvalue weighted by Crippen LogP contribution is 2.31. The van der Waals surface area contributed by atoms with Crippen molar-refractivity contribution in [3.8, 4) is 0 Å². The number of rotatable bonds is 8. The monoisotopic (exact) mass is 380 g/mol. The molecule has 2 unspecified atom stereocenters. The molecule has 2 atom stereocenters. The number of nitrogens with one attached hydrogen (secondary N) is 2. The lowest BCUT2D eigenvalue weighted by molar-refractivity contribution is -0.139. The largest absolute Gasteiger partial charge is 0.480 e. The Bertz CT molecular complexity index is 777. The van der Waals surface area contributed by atoms with E-state index in [2.05, 4.69) is 17.4 Å². The first-order valence-corrected chi connectivity index (χ1v) is 8.00. The highest BCUT2D eigenvalue weighted by atomic mass is 19.4. The quantitative estimate of drug-likeness (QED) is 0.414. The Morgan fingerprint density at radius 1 is 1.07 bits per heavy atom. The van der Waals surface area contributed by atoms with Gasteiger partial charge in [-0.25, -0.2) is 5.43 Å². The number of para-hydroxylation sites is 1. The van der Waals surface area contributed by atoms with Gasteiger partial charge in [-0.1, -0.05) is 36.9 Å². The number of halogens is 3. The van der Waals surface area contributed by atoms with Crippen LogP contribution in [-0.4, -0.2) is 22.2 Å². The van der Waals surface area contributed by atoms with Gasteiger partial charge in [0.25, 0.3) is 0 Å².